The zero-order valence-corrected chi connectivity index (χ0v) is 29.5. The Balaban J connectivity index is 1.25. The van der Waals surface area contributed by atoms with Crippen LogP contribution < -0.4 is 9.64 Å². The molecule has 0 aliphatic carbocycles. The van der Waals surface area contributed by atoms with Gasteiger partial charge in [0.2, 0.25) is 5.95 Å². The molecule has 6 nitrogen and oxygen atoms in total. The number of hydrogen-bond acceptors (Lipinski definition) is 6. The number of methoxy groups -OCH3 is 1. The van der Waals surface area contributed by atoms with E-state index in [-0.39, 0.29) is 0 Å². The van der Waals surface area contributed by atoms with Crippen LogP contribution in [0.15, 0.2) is 170 Å². The van der Waals surface area contributed by atoms with Crippen LogP contribution in [0.4, 0.5) is 17.1 Å². The highest BCUT2D eigenvalue weighted by Gasteiger charge is 2.23. The Morgan fingerprint density at radius 2 is 1.11 bits per heavy atom. The third-order valence-corrected chi connectivity index (χ3v) is 10.9. The van der Waals surface area contributed by atoms with Gasteiger partial charge in [-0.3, -0.25) is 4.57 Å². The van der Waals surface area contributed by atoms with Crippen LogP contribution in [0.3, 0.4) is 0 Å². The quantitative estimate of drug-likeness (QED) is 0.166. The first-order valence-corrected chi connectivity index (χ1v) is 18.3. The average Bonchev–Trinajstić information content (AvgIpc) is 3.78. The van der Waals surface area contributed by atoms with Crippen molar-refractivity contribution in [2.75, 3.05) is 12.0 Å². The van der Waals surface area contributed by atoms with Crippen molar-refractivity contribution in [1.29, 1.82) is 0 Å². The summed E-state index contributed by atoms with van der Waals surface area (Å²) in [5.41, 5.74) is 6.98. The molecule has 0 fully saturated rings. The molecule has 0 aliphatic heterocycles. The van der Waals surface area contributed by atoms with Crippen molar-refractivity contribution in [3.63, 3.8) is 0 Å². The van der Waals surface area contributed by atoms with Crippen LogP contribution >= 0.6 is 11.3 Å². The van der Waals surface area contributed by atoms with Crippen LogP contribution in [0.1, 0.15) is 0 Å². The van der Waals surface area contributed by atoms with Gasteiger partial charge in [-0.15, -0.1) is 11.3 Å². The van der Waals surface area contributed by atoms with Crippen LogP contribution in [0.5, 0.6) is 5.75 Å². The molecule has 3 aromatic heterocycles. The number of nitrogens with zero attached hydrogens (tertiary/aromatic N) is 5. The van der Waals surface area contributed by atoms with Gasteiger partial charge in [-0.05, 0) is 66.7 Å². The summed E-state index contributed by atoms with van der Waals surface area (Å²) in [6.07, 6.45) is 0. The summed E-state index contributed by atoms with van der Waals surface area (Å²) in [4.78, 5) is 17.6. The molecule has 0 radical (unpaired) electrons. The minimum atomic E-state index is 0.559. The van der Waals surface area contributed by atoms with E-state index in [4.69, 9.17) is 19.7 Å². The summed E-state index contributed by atoms with van der Waals surface area (Å²) in [6.45, 7) is 0. The van der Waals surface area contributed by atoms with Gasteiger partial charge in [0.1, 0.15) is 5.75 Å². The molecule has 0 unspecified atom stereocenters. The molecule has 3 heterocycles. The number of anilines is 3. The third-order valence-electron chi connectivity index (χ3n) is 9.75. The lowest BCUT2D eigenvalue weighted by molar-refractivity contribution is 0.415. The molecule has 53 heavy (non-hydrogen) atoms. The number of benzene rings is 7. The van der Waals surface area contributed by atoms with E-state index in [2.05, 4.69) is 107 Å². The normalized spacial score (nSPS) is 11.5. The summed E-state index contributed by atoms with van der Waals surface area (Å²) in [6, 6.07) is 58.9. The number of fused-ring (bicyclic) bond motifs is 6. The number of rotatable bonds is 7. The Bertz CT molecular complexity index is 2880. The van der Waals surface area contributed by atoms with Crippen molar-refractivity contribution < 1.29 is 4.74 Å². The molecule has 0 saturated carbocycles. The molecule has 0 spiro atoms. The van der Waals surface area contributed by atoms with Crippen molar-refractivity contribution in [3.8, 4) is 34.5 Å². The largest absolute Gasteiger partial charge is 0.497 e. The van der Waals surface area contributed by atoms with Crippen molar-refractivity contribution in [1.82, 2.24) is 19.5 Å². The Kier molecular flexibility index (Phi) is 7.44. The zero-order valence-electron chi connectivity index (χ0n) is 28.7. The molecule has 0 bridgehead atoms. The number of hydrogen-bond donors (Lipinski definition) is 0. The lowest BCUT2D eigenvalue weighted by Crippen LogP contribution is -2.10. The van der Waals surface area contributed by atoms with Crippen molar-refractivity contribution in [3.05, 3.63) is 170 Å². The summed E-state index contributed by atoms with van der Waals surface area (Å²) < 4.78 is 10.3. The lowest BCUT2D eigenvalue weighted by atomic mass is 10.1. The first-order valence-electron chi connectivity index (χ1n) is 17.5. The second-order valence-electron chi connectivity index (χ2n) is 12.9. The van der Waals surface area contributed by atoms with Crippen molar-refractivity contribution in [2.24, 2.45) is 0 Å². The Morgan fingerprint density at radius 3 is 1.83 bits per heavy atom. The van der Waals surface area contributed by atoms with Gasteiger partial charge < -0.3 is 9.64 Å². The SMILES string of the molecule is COc1ccc(N(c2ccc3sc4ccccc4c3c2)c2cccc3c2c2ccccc2n3-c2nc(-c3ccccc3)nc(-c3ccccc3)n2)cc1. The summed E-state index contributed by atoms with van der Waals surface area (Å²) in [5, 5.41) is 4.69. The summed E-state index contributed by atoms with van der Waals surface area (Å²) in [7, 11) is 1.70. The summed E-state index contributed by atoms with van der Waals surface area (Å²) in [5.74, 6) is 2.60. The molecule has 0 saturated heterocycles. The fourth-order valence-electron chi connectivity index (χ4n) is 7.31. The Morgan fingerprint density at radius 1 is 0.509 bits per heavy atom. The minimum Gasteiger partial charge on any atom is -0.497 e. The highest BCUT2D eigenvalue weighted by molar-refractivity contribution is 7.25. The highest BCUT2D eigenvalue weighted by Crippen LogP contribution is 2.45. The number of ether oxygens (including phenoxy) is 1. The molecular formula is C46H31N5OS. The average molecular weight is 702 g/mol. The first-order chi connectivity index (χ1) is 26.2. The maximum Gasteiger partial charge on any atom is 0.238 e. The van der Waals surface area contributed by atoms with Crippen molar-refractivity contribution in [2.45, 2.75) is 0 Å². The van der Waals surface area contributed by atoms with Gasteiger partial charge in [0.25, 0.3) is 0 Å². The predicted octanol–water partition coefficient (Wildman–Crippen LogP) is 12.1. The fourth-order valence-corrected chi connectivity index (χ4v) is 8.40. The predicted molar refractivity (Wildman–Crippen MR) is 219 cm³/mol. The number of aromatic nitrogens is 4. The number of para-hydroxylation sites is 1. The van der Waals surface area contributed by atoms with E-state index in [1.54, 1.807) is 7.11 Å². The second kappa shape index (κ2) is 12.7. The molecule has 7 aromatic carbocycles. The number of thiophene rings is 1. The van der Waals surface area contributed by atoms with Crippen LogP contribution in [0, 0.1) is 0 Å². The monoisotopic (exact) mass is 701 g/mol. The molecule has 252 valence electrons. The van der Waals surface area contributed by atoms with Crippen molar-refractivity contribution >= 4 is 70.4 Å². The van der Waals surface area contributed by atoms with E-state index in [0.717, 1.165) is 55.7 Å². The smallest absolute Gasteiger partial charge is 0.238 e. The zero-order chi connectivity index (χ0) is 35.3. The van der Waals surface area contributed by atoms with Gasteiger partial charge in [0.15, 0.2) is 11.6 Å². The molecule has 0 amide bonds. The lowest BCUT2D eigenvalue weighted by Gasteiger charge is -2.27. The van der Waals surface area contributed by atoms with Crippen LogP contribution in [-0.4, -0.2) is 26.6 Å². The van der Waals surface area contributed by atoms with E-state index in [1.165, 1.54) is 20.2 Å². The van der Waals surface area contributed by atoms with E-state index < -0.39 is 0 Å². The van der Waals surface area contributed by atoms with Gasteiger partial charge in [-0.2, -0.15) is 9.97 Å². The highest BCUT2D eigenvalue weighted by atomic mass is 32.1. The molecule has 10 rings (SSSR count). The molecule has 0 aliphatic rings. The minimum absolute atomic E-state index is 0.559. The van der Waals surface area contributed by atoms with Gasteiger partial charge in [0.05, 0.1) is 23.8 Å². The van der Waals surface area contributed by atoms with Crippen LogP contribution in [0.2, 0.25) is 0 Å². The van der Waals surface area contributed by atoms with Gasteiger partial charge in [0, 0.05) is 53.4 Å². The van der Waals surface area contributed by atoms with Gasteiger partial charge >= 0.3 is 0 Å². The molecule has 0 N–H and O–H groups in total. The standard InChI is InChI=1S/C46H31N5OS/c1-52-34-26-23-32(24-27-34)50(33-25-28-42-37(29-33)35-17-9-11-22-41(35)53-42)39-20-12-21-40-43(39)36-18-8-10-19-38(36)51(40)46-48-44(30-13-4-2-5-14-30)47-45(49-46)31-15-6-3-7-16-31/h2-29H,1H3. The maximum atomic E-state index is 5.58. The molecular weight excluding hydrogens is 671 g/mol. The van der Waals surface area contributed by atoms with E-state index in [0.29, 0.717) is 17.6 Å². The van der Waals surface area contributed by atoms with E-state index in [1.807, 2.05) is 84.1 Å². The van der Waals surface area contributed by atoms with E-state index in [9.17, 15) is 0 Å². The Labute approximate surface area is 309 Å². The molecule has 7 heteroatoms. The van der Waals surface area contributed by atoms with Gasteiger partial charge in [-0.1, -0.05) is 103 Å². The topological polar surface area (TPSA) is 56.1 Å². The molecule has 0 atom stereocenters. The van der Waals surface area contributed by atoms with Crippen LogP contribution in [-0.2, 0) is 0 Å². The summed E-state index contributed by atoms with van der Waals surface area (Å²) >= 11 is 1.83. The van der Waals surface area contributed by atoms with Crippen LogP contribution in [0.25, 0.3) is 70.7 Å². The first kappa shape index (κ1) is 30.9. The second-order valence-corrected chi connectivity index (χ2v) is 13.9. The fraction of sp³-hybridized carbons (Fsp3) is 0.0217. The molecule has 10 aromatic rings. The van der Waals surface area contributed by atoms with Gasteiger partial charge in [-0.25, -0.2) is 4.98 Å². The Hall–Kier alpha value is -6.83. The maximum absolute atomic E-state index is 5.58. The van der Waals surface area contributed by atoms with E-state index >= 15 is 0 Å². The third kappa shape index (κ3) is 5.29.